The van der Waals surface area contributed by atoms with Gasteiger partial charge in [-0.15, -0.1) is 0 Å². The van der Waals surface area contributed by atoms with Crippen LogP contribution in [0.25, 0.3) is 6.08 Å². The van der Waals surface area contributed by atoms with E-state index in [9.17, 15) is 4.79 Å². The first kappa shape index (κ1) is 13.7. The fourth-order valence-corrected chi connectivity index (χ4v) is 2.85. The van der Waals surface area contributed by atoms with Crippen LogP contribution in [0.3, 0.4) is 0 Å². The second-order valence-electron chi connectivity index (χ2n) is 5.27. The number of carbonyl (C=O) groups is 1. The molecule has 0 radical (unpaired) electrons. The second kappa shape index (κ2) is 5.99. The van der Waals surface area contributed by atoms with Gasteiger partial charge in [-0.3, -0.25) is 9.48 Å². The highest BCUT2D eigenvalue weighted by Crippen LogP contribution is 2.30. The smallest absolute Gasteiger partial charge is 0.247 e. The minimum Gasteiger partial charge on any atom is -0.465 e. The number of aromatic nitrogens is 2. The molecule has 1 unspecified atom stereocenters. The molecule has 21 heavy (non-hydrogen) atoms. The zero-order valence-corrected chi connectivity index (χ0v) is 12.1. The lowest BCUT2D eigenvalue weighted by Crippen LogP contribution is -2.38. The van der Waals surface area contributed by atoms with Crippen molar-refractivity contribution in [1.29, 1.82) is 0 Å². The number of amides is 1. The number of rotatable bonds is 3. The lowest BCUT2D eigenvalue weighted by molar-refractivity contribution is -0.129. The molecule has 0 aromatic carbocycles. The number of carbonyl (C=O) groups excluding carboxylic acids is 1. The summed E-state index contributed by atoms with van der Waals surface area (Å²) in [7, 11) is 1.92. The van der Waals surface area contributed by atoms with E-state index in [2.05, 4.69) is 5.10 Å². The molecule has 1 fully saturated rings. The minimum atomic E-state index is 0.0253. The first-order valence-electron chi connectivity index (χ1n) is 7.26. The van der Waals surface area contributed by atoms with Crippen LogP contribution in [0.15, 0.2) is 41.2 Å². The Hall–Kier alpha value is -2.30. The van der Waals surface area contributed by atoms with Crippen molar-refractivity contribution in [2.45, 2.75) is 25.3 Å². The summed E-state index contributed by atoms with van der Waals surface area (Å²) in [5.74, 6) is 0.717. The van der Waals surface area contributed by atoms with Gasteiger partial charge in [0, 0.05) is 25.9 Å². The SMILES string of the molecule is Cn1nccc1C1CCCCN1C(=O)C=Cc1ccco1. The van der Waals surface area contributed by atoms with Crippen molar-refractivity contribution < 1.29 is 9.21 Å². The van der Waals surface area contributed by atoms with E-state index in [1.165, 1.54) is 0 Å². The average Bonchev–Trinajstić information content (AvgIpc) is 3.16. The summed E-state index contributed by atoms with van der Waals surface area (Å²) in [5.41, 5.74) is 1.09. The summed E-state index contributed by atoms with van der Waals surface area (Å²) in [4.78, 5) is 14.4. The van der Waals surface area contributed by atoms with Gasteiger partial charge >= 0.3 is 0 Å². The monoisotopic (exact) mass is 285 g/mol. The number of aryl methyl sites for hydroxylation is 1. The van der Waals surface area contributed by atoms with Gasteiger partial charge in [0.2, 0.25) is 5.91 Å². The summed E-state index contributed by atoms with van der Waals surface area (Å²) in [6.45, 7) is 0.789. The fourth-order valence-electron chi connectivity index (χ4n) is 2.85. The van der Waals surface area contributed by atoms with Crippen molar-refractivity contribution in [2.24, 2.45) is 7.05 Å². The zero-order valence-electron chi connectivity index (χ0n) is 12.1. The fraction of sp³-hybridized carbons (Fsp3) is 0.375. The van der Waals surface area contributed by atoms with Gasteiger partial charge in [0.05, 0.1) is 18.0 Å². The van der Waals surface area contributed by atoms with Crippen LogP contribution in [0, 0.1) is 0 Å². The standard InChI is InChI=1S/C16H19N3O2/c1-18-14(9-10-17-18)15-6-2-3-11-19(15)16(20)8-7-13-5-4-12-21-13/h4-5,7-10,12,15H,2-3,6,11H2,1H3. The molecule has 3 rings (SSSR count). The number of likely N-dealkylation sites (tertiary alicyclic amines) is 1. The van der Waals surface area contributed by atoms with Crippen LogP contribution in [-0.4, -0.2) is 27.1 Å². The molecule has 0 saturated carbocycles. The molecule has 5 heteroatoms. The molecular weight excluding hydrogens is 266 g/mol. The summed E-state index contributed by atoms with van der Waals surface area (Å²) in [6.07, 6.45) is 9.87. The van der Waals surface area contributed by atoms with Gasteiger partial charge in [-0.25, -0.2) is 0 Å². The van der Waals surface area contributed by atoms with E-state index in [1.54, 1.807) is 24.6 Å². The largest absolute Gasteiger partial charge is 0.465 e. The predicted molar refractivity (Wildman–Crippen MR) is 79.3 cm³/mol. The molecule has 5 nitrogen and oxygen atoms in total. The molecule has 0 N–H and O–H groups in total. The van der Waals surface area contributed by atoms with E-state index in [4.69, 9.17) is 4.42 Å². The quantitative estimate of drug-likeness (QED) is 0.815. The molecule has 1 atom stereocenters. The third-order valence-corrected chi connectivity index (χ3v) is 3.92. The second-order valence-corrected chi connectivity index (χ2v) is 5.27. The van der Waals surface area contributed by atoms with E-state index in [1.807, 2.05) is 34.8 Å². The first-order valence-corrected chi connectivity index (χ1v) is 7.26. The maximum Gasteiger partial charge on any atom is 0.247 e. The highest BCUT2D eigenvalue weighted by molar-refractivity contribution is 5.91. The van der Waals surface area contributed by atoms with E-state index in [0.29, 0.717) is 5.76 Å². The molecule has 1 amide bonds. The summed E-state index contributed by atoms with van der Waals surface area (Å²) < 4.78 is 7.07. The Balaban J connectivity index is 1.78. The summed E-state index contributed by atoms with van der Waals surface area (Å²) >= 11 is 0. The highest BCUT2D eigenvalue weighted by Gasteiger charge is 2.28. The zero-order chi connectivity index (χ0) is 14.7. The highest BCUT2D eigenvalue weighted by atomic mass is 16.3. The first-order chi connectivity index (χ1) is 10.3. The normalized spacial score (nSPS) is 19.3. The van der Waals surface area contributed by atoms with Crippen LogP contribution < -0.4 is 0 Å². The maximum absolute atomic E-state index is 12.5. The maximum atomic E-state index is 12.5. The number of furan rings is 1. The molecule has 1 aliphatic heterocycles. The van der Waals surface area contributed by atoms with Gasteiger partial charge in [-0.1, -0.05) is 0 Å². The van der Waals surface area contributed by atoms with E-state index in [0.717, 1.165) is 31.5 Å². The van der Waals surface area contributed by atoms with E-state index >= 15 is 0 Å². The van der Waals surface area contributed by atoms with Crippen molar-refractivity contribution in [3.05, 3.63) is 48.2 Å². The number of hydrogen-bond donors (Lipinski definition) is 0. The average molecular weight is 285 g/mol. The Labute approximate surface area is 123 Å². The van der Waals surface area contributed by atoms with Crippen molar-refractivity contribution in [1.82, 2.24) is 14.7 Å². The molecule has 0 aliphatic carbocycles. The van der Waals surface area contributed by atoms with Crippen LogP contribution in [0.4, 0.5) is 0 Å². The predicted octanol–water partition coefficient (Wildman–Crippen LogP) is 2.78. The van der Waals surface area contributed by atoms with Crippen molar-refractivity contribution in [3.8, 4) is 0 Å². The summed E-state index contributed by atoms with van der Waals surface area (Å²) in [5, 5.41) is 4.22. The van der Waals surface area contributed by atoms with Gasteiger partial charge in [-0.05, 0) is 43.5 Å². The lowest BCUT2D eigenvalue weighted by atomic mass is 9.99. The molecule has 1 saturated heterocycles. The third-order valence-electron chi connectivity index (χ3n) is 3.92. The van der Waals surface area contributed by atoms with Gasteiger partial charge in [-0.2, -0.15) is 5.10 Å². The summed E-state index contributed by atoms with van der Waals surface area (Å²) in [6, 6.07) is 5.74. The van der Waals surface area contributed by atoms with E-state index < -0.39 is 0 Å². The Morgan fingerprint density at radius 3 is 3.05 bits per heavy atom. The third kappa shape index (κ3) is 2.91. The minimum absolute atomic E-state index is 0.0253. The molecule has 3 heterocycles. The topological polar surface area (TPSA) is 51.3 Å². The van der Waals surface area contributed by atoms with Crippen LogP contribution >= 0.6 is 0 Å². The Morgan fingerprint density at radius 2 is 2.33 bits per heavy atom. The number of nitrogens with zero attached hydrogens (tertiary/aromatic N) is 3. The van der Waals surface area contributed by atoms with Gasteiger partial charge in [0.1, 0.15) is 5.76 Å². The Bertz CT molecular complexity index is 628. The van der Waals surface area contributed by atoms with E-state index in [-0.39, 0.29) is 11.9 Å². The van der Waals surface area contributed by atoms with Crippen molar-refractivity contribution in [3.63, 3.8) is 0 Å². The van der Waals surface area contributed by atoms with Crippen LogP contribution in [0.2, 0.25) is 0 Å². The molecular formula is C16H19N3O2. The van der Waals surface area contributed by atoms with Crippen molar-refractivity contribution in [2.75, 3.05) is 6.54 Å². The molecule has 1 aliphatic rings. The molecule has 2 aromatic rings. The Morgan fingerprint density at radius 1 is 1.43 bits per heavy atom. The molecule has 0 spiro atoms. The Kier molecular flexibility index (Phi) is 3.90. The number of piperidine rings is 1. The lowest BCUT2D eigenvalue weighted by Gasteiger charge is -2.35. The van der Waals surface area contributed by atoms with Gasteiger partial charge in [0.25, 0.3) is 0 Å². The van der Waals surface area contributed by atoms with Crippen LogP contribution in [0.1, 0.15) is 36.8 Å². The molecule has 0 bridgehead atoms. The van der Waals surface area contributed by atoms with Crippen molar-refractivity contribution >= 4 is 12.0 Å². The van der Waals surface area contributed by atoms with Crippen LogP contribution in [-0.2, 0) is 11.8 Å². The van der Waals surface area contributed by atoms with Gasteiger partial charge in [0.15, 0.2) is 0 Å². The molecule has 2 aromatic heterocycles. The number of hydrogen-bond acceptors (Lipinski definition) is 3. The van der Waals surface area contributed by atoms with Crippen LogP contribution in [0.5, 0.6) is 0 Å². The van der Waals surface area contributed by atoms with Gasteiger partial charge < -0.3 is 9.32 Å². The molecule has 110 valence electrons.